The van der Waals surface area contributed by atoms with Gasteiger partial charge in [0.05, 0.1) is 0 Å². The van der Waals surface area contributed by atoms with Gasteiger partial charge in [0.25, 0.3) is 0 Å². The van der Waals surface area contributed by atoms with Gasteiger partial charge in [-0.15, -0.1) is 0 Å². The summed E-state index contributed by atoms with van der Waals surface area (Å²) in [7, 11) is 0. The fourth-order valence-electron chi connectivity index (χ4n) is 2.04. The monoisotopic (exact) mass is 293 g/mol. The van der Waals surface area contributed by atoms with Crippen LogP contribution in [-0.2, 0) is 13.0 Å². The van der Waals surface area contributed by atoms with Crippen LogP contribution in [0.2, 0.25) is 5.15 Å². The van der Waals surface area contributed by atoms with E-state index in [1.54, 1.807) is 19.9 Å². The lowest BCUT2D eigenvalue weighted by molar-refractivity contribution is 0.608. The summed E-state index contributed by atoms with van der Waals surface area (Å²) in [6.45, 7) is 6.08. The Labute approximate surface area is 123 Å². The Morgan fingerprint density at radius 1 is 1.15 bits per heavy atom. The van der Waals surface area contributed by atoms with Crippen LogP contribution >= 0.6 is 11.6 Å². The normalized spacial score (nSPS) is 10.7. The first-order valence-corrected chi connectivity index (χ1v) is 6.90. The van der Waals surface area contributed by atoms with Gasteiger partial charge in [-0.1, -0.05) is 30.7 Å². The van der Waals surface area contributed by atoms with E-state index in [9.17, 15) is 4.39 Å². The van der Waals surface area contributed by atoms with E-state index < -0.39 is 0 Å². The lowest BCUT2D eigenvalue weighted by Crippen LogP contribution is -2.05. The molecule has 0 fully saturated rings. The van der Waals surface area contributed by atoms with Crippen molar-refractivity contribution < 1.29 is 4.39 Å². The molecular weight excluding hydrogens is 277 g/mol. The second-order valence-electron chi connectivity index (χ2n) is 4.74. The molecule has 20 heavy (non-hydrogen) atoms. The molecule has 0 saturated carbocycles. The van der Waals surface area contributed by atoms with Gasteiger partial charge in [-0.25, -0.2) is 14.4 Å². The number of halogens is 2. The van der Waals surface area contributed by atoms with Crippen molar-refractivity contribution in [1.82, 2.24) is 9.97 Å². The molecule has 1 aromatic carbocycles. The third-order valence-corrected chi connectivity index (χ3v) is 3.22. The van der Waals surface area contributed by atoms with Gasteiger partial charge in [0.2, 0.25) is 0 Å². The fourth-order valence-corrected chi connectivity index (χ4v) is 2.24. The smallest absolute Gasteiger partial charge is 0.134 e. The second-order valence-corrected chi connectivity index (χ2v) is 5.13. The maximum Gasteiger partial charge on any atom is 0.134 e. The van der Waals surface area contributed by atoms with Gasteiger partial charge in [-0.2, -0.15) is 0 Å². The Hall–Kier alpha value is -1.68. The average Bonchev–Trinajstić information content (AvgIpc) is 2.41. The Morgan fingerprint density at radius 3 is 2.40 bits per heavy atom. The number of benzene rings is 1. The lowest BCUT2D eigenvalue weighted by atomic mass is 10.1. The van der Waals surface area contributed by atoms with E-state index in [1.807, 2.05) is 19.1 Å². The SMILES string of the molecule is CCc1nc(Cl)cc(NCc2cc(C)c(F)c(C)c2)n1. The predicted molar refractivity (Wildman–Crippen MR) is 79.6 cm³/mol. The minimum Gasteiger partial charge on any atom is -0.366 e. The minimum absolute atomic E-state index is 0.146. The zero-order valence-corrected chi connectivity index (χ0v) is 12.6. The van der Waals surface area contributed by atoms with Gasteiger partial charge in [-0.05, 0) is 30.5 Å². The van der Waals surface area contributed by atoms with Crippen molar-refractivity contribution in [3.05, 3.63) is 51.7 Å². The lowest BCUT2D eigenvalue weighted by Gasteiger charge is -2.10. The molecule has 0 spiro atoms. The Bertz CT molecular complexity index is 606. The summed E-state index contributed by atoms with van der Waals surface area (Å²) in [5, 5.41) is 3.61. The summed E-state index contributed by atoms with van der Waals surface area (Å²) in [4.78, 5) is 8.46. The highest BCUT2D eigenvalue weighted by Crippen LogP contribution is 2.17. The first-order chi connectivity index (χ1) is 9.49. The van der Waals surface area contributed by atoms with Gasteiger partial charge >= 0.3 is 0 Å². The Balaban J connectivity index is 2.14. The van der Waals surface area contributed by atoms with Crippen LogP contribution in [0.1, 0.15) is 29.4 Å². The van der Waals surface area contributed by atoms with Gasteiger partial charge < -0.3 is 5.32 Å². The van der Waals surface area contributed by atoms with Crippen molar-refractivity contribution in [3.8, 4) is 0 Å². The largest absolute Gasteiger partial charge is 0.366 e. The molecule has 0 aliphatic heterocycles. The van der Waals surface area contributed by atoms with E-state index in [1.165, 1.54) is 0 Å². The number of nitrogens with one attached hydrogen (secondary N) is 1. The van der Waals surface area contributed by atoms with E-state index in [0.717, 1.165) is 12.0 Å². The molecule has 0 amide bonds. The topological polar surface area (TPSA) is 37.8 Å². The summed E-state index contributed by atoms with van der Waals surface area (Å²) < 4.78 is 13.6. The maximum atomic E-state index is 13.6. The molecule has 3 nitrogen and oxygen atoms in total. The second kappa shape index (κ2) is 6.18. The quantitative estimate of drug-likeness (QED) is 0.864. The average molecular weight is 294 g/mol. The molecule has 1 heterocycles. The number of nitrogens with zero attached hydrogens (tertiary/aromatic N) is 2. The number of hydrogen-bond donors (Lipinski definition) is 1. The molecule has 0 unspecified atom stereocenters. The van der Waals surface area contributed by atoms with Gasteiger partial charge in [0, 0.05) is 19.0 Å². The van der Waals surface area contributed by atoms with Crippen LogP contribution in [0.25, 0.3) is 0 Å². The van der Waals surface area contributed by atoms with Gasteiger partial charge in [0.1, 0.15) is 22.6 Å². The predicted octanol–water partition coefficient (Wildman–Crippen LogP) is 4.06. The summed E-state index contributed by atoms with van der Waals surface area (Å²) in [5.41, 5.74) is 2.31. The molecule has 0 bridgehead atoms. The molecule has 0 atom stereocenters. The van der Waals surface area contributed by atoms with Crippen LogP contribution < -0.4 is 5.32 Å². The fraction of sp³-hybridized carbons (Fsp3) is 0.333. The van der Waals surface area contributed by atoms with E-state index in [4.69, 9.17) is 11.6 Å². The van der Waals surface area contributed by atoms with E-state index in [0.29, 0.717) is 34.5 Å². The molecule has 1 aromatic heterocycles. The highest BCUT2D eigenvalue weighted by atomic mass is 35.5. The standard InChI is InChI=1S/C15H17ClFN3/c1-4-13-19-12(16)7-14(20-13)18-8-11-5-9(2)15(17)10(3)6-11/h5-7H,4,8H2,1-3H3,(H,18,19,20). The number of aromatic nitrogens is 2. The number of rotatable bonds is 4. The third-order valence-electron chi connectivity index (χ3n) is 3.03. The zero-order chi connectivity index (χ0) is 14.7. The highest BCUT2D eigenvalue weighted by Gasteiger charge is 2.05. The van der Waals surface area contributed by atoms with Crippen molar-refractivity contribution in [1.29, 1.82) is 0 Å². The number of anilines is 1. The van der Waals surface area contributed by atoms with Crippen LogP contribution in [-0.4, -0.2) is 9.97 Å². The van der Waals surface area contributed by atoms with Crippen molar-refractivity contribution in [2.24, 2.45) is 0 Å². The number of aryl methyl sites for hydroxylation is 3. The molecule has 0 aliphatic carbocycles. The van der Waals surface area contributed by atoms with Crippen LogP contribution in [0.3, 0.4) is 0 Å². The van der Waals surface area contributed by atoms with E-state index in [2.05, 4.69) is 15.3 Å². The van der Waals surface area contributed by atoms with Crippen LogP contribution in [0, 0.1) is 19.7 Å². The molecule has 2 aromatic rings. The van der Waals surface area contributed by atoms with E-state index >= 15 is 0 Å². The number of hydrogen-bond acceptors (Lipinski definition) is 3. The van der Waals surface area contributed by atoms with Crippen molar-refractivity contribution in [3.63, 3.8) is 0 Å². The first kappa shape index (κ1) is 14.7. The molecule has 106 valence electrons. The Kier molecular flexibility index (Phi) is 4.55. The summed E-state index contributed by atoms with van der Waals surface area (Å²) >= 11 is 5.94. The zero-order valence-electron chi connectivity index (χ0n) is 11.8. The summed E-state index contributed by atoms with van der Waals surface area (Å²) in [6.07, 6.45) is 0.726. The molecule has 5 heteroatoms. The third kappa shape index (κ3) is 3.45. The van der Waals surface area contributed by atoms with Crippen molar-refractivity contribution in [2.75, 3.05) is 5.32 Å². The van der Waals surface area contributed by atoms with Crippen LogP contribution in [0.4, 0.5) is 10.2 Å². The first-order valence-electron chi connectivity index (χ1n) is 6.52. The molecular formula is C15H17ClFN3. The highest BCUT2D eigenvalue weighted by molar-refractivity contribution is 6.29. The van der Waals surface area contributed by atoms with Crippen molar-refractivity contribution >= 4 is 17.4 Å². The molecule has 0 aliphatic rings. The minimum atomic E-state index is -0.146. The summed E-state index contributed by atoms with van der Waals surface area (Å²) in [5.74, 6) is 1.24. The molecule has 0 saturated heterocycles. The van der Waals surface area contributed by atoms with E-state index in [-0.39, 0.29) is 5.82 Å². The molecule has 2 rings (SSSR count). The summed E-state index contributed by atoms with van der Waals surface area (Å²) in [6, 6.07) is 5.35. The van der Waals surface area contributed by atoms with Gasteiger partial charge in [-0.3, -0.25) is 0 Å². The molecule has 1 N–H and O–H groups in total. The van der Waals surface area contributed by atoms with Gasteiger partial charge in [0.15, 0.2) is 0 Å². The maximum absolute atomic E-state index is 13.6. The Morgan fingerprint density at radius 2 is 1.80 bits per heavy atom. The van der Waals surface area contributed by atoms with Crippen molar-refractivity contribution in [2.45, 2.75) is 33.7 Å². The van der Waals surface area contributed by atoms with Crippen LogP contribution in [0.15, 0.2) is 18.2 Å². The molecule has 0 radical (unpaired) electrons. The van der Waals surface area contributed by atoms with Crippen LogP contribution in [0.5, 0.6) is 0 Å².